The Labute approximate surface area is 271 Å². The molecule has 3 aromatic carbocycles. The number of hydrogen-bond donors (Lipinski definition) is 2. The molecule has 230 valence electrons. The third kappa shape index (κ3) is 4.80. The van der Waals surface area contributed by atoms with Crippen molar-refractivity contribution < 1.29 is 38.9 Å². The topological polar surface area (TPSA) is 138 Å². The molecule has 0 saturated carbocycles. The highest BCUT2D eigenvalue weighted by Crippen LogP contribution is 2.56. The van der Waals surface area contributed by atoms with Gasteiger partial charge < -0.3 is 14.9 Å². The van der Waals surface area contributed by atoms with E-state index in [9.17, 15) is 34.2 Å². The number of imide groups is 1. The van der Waals surface area contributed by atoms with Gasteiger partial charge in [-0.3, -0.25) is 24.1 Å². The summed E-state index contributed by atoms with van der Waals surface area (Å²) in [7, 11) is 0. The van der Waals surface area contributed by atoms with Crippen molar-refractivity contribution in [3.8, 4) is 11.5 Å². The number of benzene rings is 3. The molecule has 0 unspecified atom stereocenters. The highest BCUT2D eigenvalue weighted by atomic mass is 79.9. The molecular formula is C36H26BrNO8. The Kier molecular flexibility index (Phi) is 7.32. The van der Waals surface area contributed by atoms with Crippen LogP contribution in [0.3, 0.4) is 0 Å². The molecule has 46 heavy (non-hydrogen) atoms. The fourth-order valence-corrected chi connectivity index (χ4v) is 7.64. The molecule has 4 aliphatic rings. The van der Waals surface area contributed by atoms with Gasteiger partial charge in [0.2, 0.25) is 11.8 Å². The molecule has 2 amide bonds. The van der Waals surface area contributed by atoms with Crippen molar-refractivity contribution in [1.29, 1.82) is 0 Å². The second-order valence-corrected chi connectivity index (χ2v) is 12.6. The lowest BCUT2D eigenvalue weighted by Gasteiger charge is -2.42. The van der Waals surface area contributed by atoms with Crippen molar-refractivity contribution in [2.75, 3.05) is 4.90 Å². The summed E-state index contributed by atoms with van der Waals surface area (Å²) < 4.78 is 5.99. The molecule has 1 aliphatic heterocycles. The minimum absolute atomic E-state index is 0.0612. The smallest absolute Gasteiger partial charge is 0.335 e. The van der Waals surface area contributed by atoms with Gasteiger partial charge >= 0.3 is 5.97 Å². The maximum Gasteiger partial charge on any atom is 0.335 e. The number of ether oxygens (including phenoxy) is 1. The summed E-state index contributed by atoms with van der Waals surface area (Å²) in [6, 6.07) is 20.0. The van der Waals surface area contributed by atoms with Crippen LogP contribution < -0.4 is 9.64 Å². The average molecular weight is 681 g/mol. The number of fused-ring (bicyclic) bond motifs is 3. The van der Waals surface area contributed by atoms with Crippen LogP contribution >= 0.6 is 15.9 Å². The van der Waals surface area contributed by atoms with Crippen LogP contribution in [0.15, 0.2) is 106 Å². The van der Waals surface area contributed by atoms with Crippen LogP contribution in [-0.4, -0.2) is 39.6 Å². The van der Waals surface area contributed by atoms with E-state index in [-0.39, 0.29) is 63.6 Å². The molecule has 3 aromatic rings. The second kappa shape index (κ2) is 11.4. The molecule has 0 bridgehead atoms. The van der Waals surface area contributed by atoms with E-state index in [1.54, 1.807) is 12.1 Å². The number of hydrogen-bond acceptors (Lipinski definition) is 7. The van der Waals surface area contributed by atoms with Gasteiger partial charge in [0.15, 0.2) is 11.6 Å². The lowest BCUT2D eigenvalue weighted by atomic mass is 9.59. The minimum Gasteiger partial charge on any atom is -0.507 e. The Bertz CT molecular complexity index is 1960. The third-order valence-corrected chi connectivity index (χ3v) is 9.83. The van der Waals surface area contributed by atoms with E-state index in [4.69, 9.17) is 4.74 Å². The molecule has 7 rings (SSSR count). The van der Waals surface area contributed by atoms with Crippen LogP contribution in [0.2, 0.25) is 0 Å². The number of phenols is 1. The number of aromatic hydroxyl groups is 1. The van der Waals surface area contributed by atoms with E-state index >= 15 is 0 Å². The zero-order chi connectivity index (χ0) is 32.3. The van der Waals surface area contributed by atoms with E-state index < -0.39 is 41.5 Å². The zero-order valence-electron chi connectivity index (χ0n) is 24.2. The SMILES string of the molecule is O=C1C=C(Br)C(=O)C2=C1[C@@H](c1ccc(OCc3ccccc3)cc1O)C1=CC[C@@H]3C(=O)N(c4cccc(C(=O)O)c4)C(=O)[C@@H]3[C@@H]1C2. The van der Waals surface area contributed by atoms with Gasteiger partial charge in [-0.25, -0.2) is 4.79 Å². The first-order valence-corrected chi connectivity index (χ1v) is 15.5. The first kappa shape index (κ1) is 29.6. The van der Waals surface area contributed by atoms with Gasteiger partial charge in [0.1, 0.15) is 18.1 Å². The number of Topliss-reactive ketones (excluding diaryl/α,β-unsaturated/α-hetero) is 1. The van der Waals surface area contributed by atoms with Gasteiger partial charge in [-0.2, -0.15) is 0 Å². The van der Waals surface area contributed by atoms with Crippen LogP contribution in [0.25, 0.3) is 0 Å². The fourth-order valence-electron chi connectivity index (χ4n) is 7.19. The number of anilines is 1. The normalized spacial score (nSPS) is 23.8. The Morgan fingerprint density at radius 3 is 2.46 bits per heavy atom. The van der Waals surface area contributed by atoms with Gasteiger partial charge in [-0.1, -0.05) is 54.1 Å². The van der Waals surface area contributed by atoms with Crippen molar-refractivity contribution in [2.24, 2.45) is 17.8 Å². The number of phenolic OH excluding ortho intramolecular Hbond substituents is 1. The van der Waals surface area contributed by atoms with Gasteiger partial charge in [0, 0.05) is 34.8 Å². The van der Waals surface area contributed by atoms with E-state index in [1.165, 1.54) is 36.4 Å². The average Bonchev–Trinajstić information content (AvgIpc) is 3.31. The van der Waals surface area contributed by atoms with Gasteiger partial charge in [-0.15, -0.1) is 0 Å². The van der Waals surface area contributed by atoms with E-state index in [0.29, 0.717) is 16.9 Å². The summed E-state index contributed by atoms with van der Waals surface area (Å²) in [4.78, 5) is 67.4. The molecule has 0 spiro atoms. The summed E-state index contributed by atoms with van der Waals surface area (Å²) in [6.07, 6.45) is 3.35. The fraction of sp³-hybridized carbons (Fsp3) is 0.194. The largest absolute Gasteiger partial charge is 0.507 e. The number of carbonyl (C=O) groups excluding carboxylic acids is 4. The maximum absolute atomic E-state index is 14.1. The molecule has 10 heteroatoms. The predicted molar refractivity (Wildman–Crippen MR) is 169 cm³/mol. The van der Waals surface area contributed by atoms with Crippen LogP contribution in [0.4, 0.5) is 5.69 Å². The molecule has 0 radical (unpaired) electrons. The number of ketones is 2. The maximum atomic E-state index is 14.1. The van der Waals surface area contributed by atoms with E-state index in [1.807, 2.05) is 36.4 Å². The summed E-state index contributed by atoms with van der Waals surface area (Å²) in [5.74, 6) is -5.64. The van der Waals surface area contributed by atoms with Crippen molar-refractivity contribution in [3.05, 3.63) is 123 Å². The molecular weight excluding hydrogens is 654 g/mol. The second-order valence-electron chi connectivity index (χ2n) is 11.8. The van der Waals surface area contributed by atoms with Crippen LogP contribution in [0.1, 0.15) is 40.2 Å². The third-order valence-electron chi connectivity index (χ3n) is 9.24. The van der Waals surface area contributed by atoms with Gasteiger partial charge in [-0.05, 0) is 64.5 Å². The number of carboxylic acid groups (broad SMARTS) is 1. The molecule has 9 nitrogen and oxygen atoms in total. The van der Waals surface area contributed by atoms with E-state index in [0.717, 1.165) is 10.5 Å². The number of nitrogens with zero attached hydrogens (tertiary/aromatic N) is 1. The molecule has 1 heterocycles. The quantitative estimate of drug-likeness (QED) is 0.194. The Balaban J connectivity index is 1.28. The Morgan fingerprint density at radius 1 is 0.935 bits per heavy atom. The monoisotopic (exact) mass is 679 g/mol. The number of aromatic carboxylic acids is 1. The first-order valence-electron chi connectivity index (χ1n) is 14.7. The molecule has 1 saturated heterocycles. The number of carbonyl (C=O) groups is 5. The number of amides is 2. The highest BCUT2D eigenvalue weighted by molar-refractivity contribution is 9.12. The van der Waals surface area contributed by atoms with Crippen molar-refractivity contribution >= 4 is 51.0 Å². The molecule has 1 fully saturated rings. The Morgan fingerprint density at radius 2 is 1.72 bits per heavy atom. The number of allylic oxidation sites excluding steroid dienone is 6. The lowest BCUT2D eigenvalue weighted by Crippen LogP contribution is -2.39. The van der Waals surface area contributed by atoms with Crippen LogP contribution in [0.5, 0.6) is 11.5 Å². The lowest BCUT2D eigenvalue weighted by molar-refractivity contribution is -0.123. The Hall–Kier alpha value is -5.09. The number of halogens is 1. The van der Waals surface area contributed by atoms with Crippen molar-refractivity contribution in [2.45, 2.75) is 25.4 Å². The molecule has 0 aromatic heterocycles. The van der Waals surface area contributed by atoms with Crippen LogP contribution in [0, 0.1) is 17.8 Å². The minimum atomic E-state index is -1.19. The summed E-state index contributed by atoms with van der Waals surface area (Å²) in [5, 5.41) is 20.8. The standard InChI is InChI=1S/C36H26BrNO8/c37-27-16-29(40)32-26(33(27)41)15-25-22(30(32)23-10-9-21(14-28(23)39)46-17-18-5-2-1-3-6-18)11-12-24-31(25)35(43)38(34(24)42)20-8-4-7-19(13-20)36(44)45/h1-11,13-14,16,24-25,30-31,39H,12,15,17H2,(H,44,45)/t24-,25+,30+,31-/m0/s1. The summed E-state index contributed by atoms with van der Waals surface area (Å²) >= 11 is 3.22. The predicted octanol–water partition coefficient (Wildman–Crippen LogP) is 5.64. The van der Waals surface area contributed by atoms with Gasteiger partial charge in [0.05, 0.1) is 27.6 Å². The van der Waals surface area contributed by atoms with Crippen molar-refractivity contribution in [1.82, 2.24) is 0 Å². The molecule has 3 aliphatic carbocycles. The van der Waals surface area contributed by atoms with Crippen molar-refractivity contribution in [3.63, 3.8) is 0 Å². The molecule has 4 atom stereocenters. The zero-order valence-corrected chi connectivity index (χ0v) is 25.8. The van der Waals surface area contributed by atoms with Crippen LogP contribution in [-0.2, 0) is 25.8 Å². The summed E-state index contributed by atoms with van der Waals surface area (Å²) in [6.45, 7) is 0.280. The highest BCUT2D eigenvalue weighted by Gasteiger charge is 2.57. The van der Waals surface area contributed by atoms with E-state index in [2.05, 4.69) is 15.9 Å². The van der Waals surface area contributed by atoms with Gasteiger partial charge in [0.25, 0.3) is 0 Å². The molecule has 2 N–H and O–H groups in total. The first-order chi connectivity index (χ1) is 22.1. The number of carboxylic acids is 1. The summed E-state index contributed by atoms with van der Waals surface area (Å²) in [5.41, 5.74) is 2.59. The number of rotatable bonds is 6.